The maximum absolute atomic E-state index is 5.68. The van der Waals surface area contributed by atoms with Crippen molar-refractivity contribution in [1.29, 1.82) is 0 Å². The van der Waals surface area contributed by atoms with Crippen molar-refractivity contribution in [3.63, 3.8) is 0 Å². The molecule has 0 fully saturated rings. The molecule has 3 rings (SSSR count). The normalized spacial score (nSPS) is 10.7. The van der Waals surface area contributed by atoms with Crippen molar-refractivity contribution in [2.75, 3.05) is 5.73 Å². The van der Waals surface area contributed by atoms with E-state index in [-0.39, 0.29) is 5.95 Å². The van der Waals surface area contributed by atoms with Crippen LogP contribution in [0.2, 0.25) is 0 Å². The Hall–Kier alpha value is -2.28. The van der Waals surface area contributed by atoms with Gasteiger partial charge in [0.15, 0.2) is 5.16 Å². The number of rotatable bonds is 4. The van der Waals surface area contributed by atoms with E-state index in [1.54, 1.807) is 10.9 Å². The van der Waals surface area contributed by atoms with E-state index in [1.807, 2.05) is 36.4 Å². The molecule has 2 aromatic heterocycles. The van der Waals surface area contributed by atoms with Crippen molar-refractivity contribution in [2.24, 2.45) is 0 Å². The van der Waals surface area contributed by atoms with E-state index >= 15 is 0 Å². The molecule has 19 heavy (non-hydrogen) atoms. The Bertz CT molecular complexity index is 650. The topological polar surface area (TPSA) is 82.8 Å². The van der Waals surface area contributed by atoms with Crippen LogP contribution in [0.15, 0.2) is 52.3 Å². The Morgan fingerprint density at radius 2 is 2.05 bits per heavy atom. The molecule has 6 nitrogen and oxygen atoms in total. The Labute approximate surface area is 113 Å². The lowest BCUT2D eigenvalue weighted by atomic mass is 10.3. The number of nitrogens with two attached hydrogens (primary N) is 1. The maximum Gasteiger partial charge on any atom is 0.240 e. The highest BCUT2D eigenvalue weighted by Crippen LogP contribution is 2.23. The van der Waals surface area contributed by atoms with Gasteiger partial charge in [-0.3, -0.25) is 0 Å². The largest absolute Gasteiger partial charge is 0.366 e. The van der Waals surface area contributed by atoms with Crippen LogP contribution in [0, 0.1) is 0 Å². The fraction of sp³-hybridized carbons (Fsp3) is 0.0833. The summed E-state index contributed by atoms with van der Waals surface area (Å²) in [4.78, 5) is 4.22. The third kappa shape index (κ3) is 2.60. The first-order valence-electron chi connectivity index (χ1n) is 5.63. The summed E-state index contributed by atoms with van der Waals surface area (Å²) in [7, 11) is 0. The molecule has 3 aromatic rings. The standard InChI is InChI=1S/C12H11N5OS/c13-11-14-12(19-8-9-6-7-18-16-9)17(15-11)10-4-2-1-3-5-10/h1-7H,8H2,(H2,13,15). The van der Waals surface area contributed by atoms with Crippen molar-refractivity contribution in [1.82, 2.24) is 19.9 Å². The monoisotopic (exact) mass is 273 g/mol. The fourth-order valence-electron chi connectivity index (χ4n) is 1.59. The van der Waals surface area contributed by atoms with E-state index in [2.05, 4.69) is 15.2 Å². The molecule has 0 atom stereocenters. The van der Waals surface area contributed by atoms with Gasteiger partial charge < -0.3 is 10.3 Å². The van der Waals surface area contributed by atoms with Gasteiger partial charge in [0.25, 0.3) is 0 Å². The van der Waals surface area contributed by atoms with Crippen LogP contribution in [0.1, 0.15) is 5.69 Å². The summed E-state index contributed by atoms with van der Waals surface area (Å²) in [6, 6.07) is 11.6. The van der Waals surface area contributed by atoms with Crippen molar-refractivity contribution in [2.45, 2.75) is 10.9 Å². The first kappa shape index (κ1) is 11.8. The summed E-state index contributed by atoms with van der Waals surface area (Å²) in [6.45, 7) is 0. The highest BCUT2D eigenvalue weighted by molar-refractivity contribution is 7.98. The first-order valence-corrected chi connectivity index (χ1v) is 6.61. The molecule has 0 saturated carbocycles. The van der Waals surface area contributed by atoms with Crippen LogP contribution >= 0.6 is 11.8 Å². The van der Waals surface area contributed by atoms with Crippen molar-refractivity contribution >= 4 is 17.7 Å². The third-order valence-electron chi connectivity index (χ3n) is 2.43. The molecule has 0 aliphatic heterocycles. The number of anilines is 1. The number of hydrogen-bond acceptors (Lipinski definition) is 6. The van der Waals surface area contributed by atoms with Crippen LogP contribution in [-0.4, -0.2) is 19.9 Å². The molecule has 0 radical (unpaired) electrons. The van der Waals surface area contributed by atoms with Crippen LogP contribution in [-0.2, 0) is 5.75 Å². The smallest absolute Gasteiger partial charge is 0.240 e. The second-order valence-electron chi connectivity index (χ2n) is 3.78. The number of nitrogen functional groups attached to an aromatic ring is 1. The van der Waals surface area contributed by atoms with E-state index in [4.69, 9.17) is 10.3 Å². The minimum Gasteiger partial charge on any atom is -0.366 e. The SMILES string of the molecule is Nc1nc(SCc2ccon2)n(-c2ccccc2)n1. The number of benzene rings is 1. The van der Waals surface area contributed by atoms with Gasteiger partial charge >= 0.3 is 0 Å². The fourth-order valence-corrected chi connectivity index (χ4v) is 2.45. The number of nitrogens with zero attached hydrogens (tertiary/aromatic N) is 4. The first-order chi connectivity index (χ1) is 9.33. The molecule has 7 heteroatoms. The average molecular weight is 273 g/mol. The van der Waals surface area contributed by atoms with Crippen LogP contribution in [0.5, 0.6) is 0 Å². The molecule has 2 N–H and O–H groups in total. The Morgan fingerprint density at radius 3 is 2.79 bits per heavy atom. The molecule has 1 aromatic carbocycles. The lowest BCUT2D eigenvalue weighted by Gasteiger charge is -2.03. The predicted molar refractivity (Wildman–Crippen MR) is 71.8 cm³/mol. The molecule has 0 spiro atoms. The summed E-state index contributed by atoms with van der Waals surface area (Å²) in [5.41, 5.74) is 7.45. The summed E-state index contributed by atoms with van der Waals surface area (Å²) in [6.07, 6.45) is 1.55. The summed E-state index contributed by atoms with van der Waals surface area (Å²) in [5, 5.41) is 8.78. The lowest BCUT2D eigenvalue weighted by molar-refractivity contribution is 0.414. The molecule has 2 heterocycles. The third-order valence-corrected chi connectivity index (χ3v) is 3.40. The molecular formula is C12H11N5OS. The highest BCUT2D eigenvalue weighted by atomic mass is 32.2. The second-order valence-corrected chi connectivity index (χ2v) is 4.72. The van der Waals surface area contributed by atoms with Crippen molar-refractivity contribution in [3.05, 3.63) is 48.4 Å². The van der Waals surface area contributed by atoms with Gasteiger partial charge in [-0.15, -0.1) is 5.10 Å². The summed E-state index contributed by atoms with van der Waals surface area (Å²) < 4.78 is 6.51. The van der Waals surface area contributed by atoms with E-state index < -0.39 is 0 Å². The zero-order valence-corrected chi connectivity index (χ0v) is 10.7. The second kappa shape index (κ2) is 5.15. The van der Waals surface area contributed by atoms with Crippen molar-refractivity contribution in [3.8, 4) is 5.69 Å². The van der Waals surface area contributed by atoms with E-state index in [0.717, 1.165) is 16.5 Å². The van der Waals surface area contributed by atoms with Gasteiger partial charge in [-0.25, -0.2) is 4.68 Å². The summed E-state index contributed by atoms with van der Waals surface area (Å²) in [5.74, 6) is 0.910. The number of para-hydroxylation sites is 1. The molecule has 0 bridgehead atoms. The van der Waals surface area contributed by atoms with Gasteiger partial charge in [0.2, 0.25) is 5.95 Å². The molecular weight excluding hydrogens is 262 g/mol. The molecule has 96 valence electrons. The van der Waals surface area contributed by atoms with Gasteiger partial charge in [0.05, 0.1) is 11.4 Å². The van der Waals surface area contributed by atoms with E-state index in [1.165, 1.54) is 11.8 Å². The zero-order valence-electron chi connectivity index (χ0n) is 9.93. The van der Waals surface area contributed by atoms with Crippen LogP contribution < -0.4 is 5.73 Å². The Morgan fingerprint density at radius 1 is 1.21 bits per heavy atom. The molecule has 0 aliphatic rings. The van der Waals surface area contributed by atoms with Gasteiger partial charge in [0, 0.05) is 11.8 Å². The van der Waals surface area contributed by atoms with E-state index in [0.29, 0.717) is 5.75 Å². The maximum atomic E-state index is 5.68. The van der Waals surface area contributed by atoms with Gasteiger partial charge in [-0.05, 0) is 12.1 Å². The predicted octanol–water partition coefficient (Wildman–Crippen LogP) is 2.13. The van der Waals surface area contributed by atoms with Crippen LogP contribution in [0.4, 0.5) is 5.95 Å². The minimum absolute atomic E-state index is 0.256. The van der Waals surface area contributed by atoms with Gasteiger partial charge in [0.1, 0.15) is 6.26 Å². The molecule has 0 saturated heterocycles. The number of thioether (sulfide) groups is 1. The zero-order chi connectivity index (χ0) is 13.1. The molecule has 0 aliphatic carbocycles. The minimum atomic E-state index is 0.256. The molecule has 0 amide bonds. The van der Waals surface area contributed by atoms with Gasteiger partial charge in [-0.2, -0.15) is 4.98 Å². The molecule has 0 unspecified atom stereocenters. The quantitative estimate of drug-likeness (QED) is 0.733. The average Bonchev–Trinajstić information content (AvgIpc) is 3.06. The number of hydrogen-bond donors (Lipinski definition) is 1. The van der Waals surface area contributed by atoms with Crippen LogP contribution in [0.25, 0.3) is 5.69 Å². The Kier molecular flexibility index (Phi) is 3.20. The van der Waals surface area contributed by atoms with Crippen molar-refractivity contribution < 1.29 is 4.52 Å². The Balaban J connectivity index is 1.85. The van der Waals surface area contributed by atoms with Crippen LogP contribution in [0.3, 0.4) is 0 Å². The lowest BCUT2D eigenvalue weighted by Crippen LogP contribution is -1.99. The number of aromatic nitrogens is 4. The summed E-state index contributed by atoms with van der Waals surface area (Å²) >= 11 is 1.51. The highest BCUT2D eigenvalue weighted by Gasteiger charge is 2.11. The van der Waals surface area contributed by atoms with E-state index in [9.17, 15) is 0 Å². The van der Waals surface area contributed by atoms with Gasteiger partial charge in [-0.1, -0.05) is 35.1 Å².